The molecule has 1 aliphatic rings. The summed E-state index contributed by atoms with van der Waals surface area (Å²) in [5, 5.41) is 6.24. The summed E-state index contributed by atoms with van der Waals surface area (Å²) < 4.78 is 2.10. The van der Waals surface area contributed by atoms with Gasteiger partial charge in [-0.3, -0.25) is 4.79 Å². The van der Waals surface area contributed by atoms with Gasteiger partial charge in [-0.1, -0.05) is 13.8 Å². The fourth-order valence-corrected chi connectivity index (χ4v) is 2.35. The second-order valence-electron chi connectivity index (χ2n) is 4.64. The van der Waals surface area contributed by atoms with E-state index in [9.17, 15) is 4.79 Å². The predicted octanol–water partition coefficient (Wildman–Crippen LogP) is 0.617. The highest BCUT2D eigenvalue weighted by Gasteiger charge is 2.19. The normalized spacial score (nSPS) is 14.3. The van der Waals surface area contributed by atoms with Gasteiger partial charge in [-0.05, 0) is 6.42 Å². The van der Waals surface area contributed by atoms with Crippen LogP contribution in [0.3, 0.4) is 0 Å². The Morgan fingerprint density at radius 3 is 3.06 bits per heavy atom. The maximum absolute atomic E-state index is 11.8. The van der Waals surface area contributed by atoms with Crippen molar-refractivity contribution < 1.29 is 4.79 Å². The average molecular weight is 250 g/mol. The van der Waals surface area contributed by atoms with E-state index in [2.05, 4.69) is 34.0 Å². The highest BCUT2D eigenvalue weighted by atomic mass is 16.1. The van der Waals surface area contributed by atoms with E-state index in [1.54, 1.807) is 0 Å². The van der Waals surface area contributed by atoms with Gasteiger partial charge in [0.15, 0.2) is 0 Å². The van der Waals surface area contributed by atoms with Crippen molar-refractivity contribution in [1.29, 1.82) is 0 Å². The molecule has 5 heteroatoms. The van der Waals surface area contributed by atoms with Gasteiger partial charge in [0, 0.05) is 38.2 Å². The third kappa shape index (κ3) is 2.72. The van der Waals surface area contributed by atoms with E-state index < -0.39 is 0 Å². The first-order chi connectivity index (χ1) is 8.76. The molecule has 1 aromatic heterocycles. The third-order valence-corrected chi connectivity index (χ3v) is 3.26. The molecule has 2 N–H and O–H groups in total. The van der Waals surface area contributed by atoms with Crippen molar-refractivity contribution in [2.45, 2.75) is 46.2 Å². The van der Waals surface area contributed by atoms with Gasteiger partial charge in [0.05, 0.1) is 5.69 Å². The van der Waals surface area contributed by atoms with Crippen LogP contribution >= 0.6 is 0 Å². The van der Waals surface area contributed by atoms with Crippen LogP contribution in [0.15, 0.2) is 0 Å². The highest BCUT2D eigenvalue weighted by Crippen LogP contribution is 2.16. The lowest BCUT2D eigenvalue weighted by Crippen LogP contribution is -2.31. The lowest BCUT2D eigenvalue weighted by molar-refractivity contribution is -0.121. The molecule has 5 nitrogen and oxygen atoms in total. The number of carbonyl (C=O) groups is 1. The van der Waals surface area contributed by atoms with Crippen LogP contribution in [0.5, 0.6) is 0 Å². The molecule has 0 atom stereocenters. The van der Waals surface area contributed by atoms with Gasteiger partial charge in [0.2, 0.25) is 5.91 Å². The number of amides is 1. The predicted molar refractivity (Wildman–Crippen MR) is 70.3 cm³/mol. The van der Waals surface area contributed by atoms with Crippen LogP contribution in [0.4, 0.5) is 0 Å². The molecule has 0 spiro atoms. The number of aryl methyl sites for hydroxylation is 1. The first-order valence-electron chi connectivity index (χ1n) is 6.80. The molecular formula is C13H22N4O. The lowest BCUT2D eigenvalue weighted by Gasteiger charge is -2.15. The van der Waals surface area contributed by atoms with Crippen LogP contribution in [-0.2, 0) is 30.7 Å². The van der Waals surface area contributed by atoms with Crippen molar-refractivity contribution in [2.24, 2.45) is 0 Å². The van der Waals surface area contributed by atoms with Crippen molar-refractivity contribution in [3.63, 3.8) is 0 Å². The smallest absolute Gasteiger partial charge is 0.239 e. The molecule has 1 aromatic rings. The largest absolute Gasteiger partial charge is 0.355 e. The molecule has 0 aromatic carbocycles. The summed E-state index contributed by atoms with van der Waals surface area (Å²) in [5.74, 6) is 1.11. The number of carbonyl (C=O) groups excluding carboxylic acids is 1. The number of imidazole rings is 1. The molecule has 0 fully saturated rings. The molecule has 0 bridgehead atoms. The van der Waals surface area contributed by atoms with Gasteiger partial charge < -0.3 is 15.2 Å². The first kappa shape index (κ1) is 13.1. The van der Waals surface area contributed by atoms with Gasteiger partial charge in [-0.2, -0.15) is 0 Å². The van der Waals surface area contributed by atoms with Gasteiger partial charge in [-0.25, -0.2) is 4.98 Å². The average Bonchev–Trinajstić information content (AvgIpc) is 2.75. The molecule has 0 unspecified atom stereocenters. The van der Waals surface area contributed by atoms with Gasteiger partial charge in [-0.15, -0.1) is 0 Å². The van der Waals surface area contributed by atoms with Crippen molar-refractivity contribution in [2.75, 3.05) is 13.1 Å². The first-order valence-corrected chi connectivity index (χ1v) is 6.80. The molecule has 100 valence electrons. The Morgan fingerprint density at radius 2 is 2.33 bits per heavy atom. The summed E-state index contributed by atoms with van der Waals surface area (Å²) in [6.45, 7) is 7.10. The van der Waals surface area contributed by atoms with E-state index in [0.717, 1.165) is 50.4 Å². The number of hydrogen-bond donors (Lipinski definition) is 2. The van der Waals surface area contributed by atoms with Crippen molar-refractivity contribution in [3.8, 4) is 0 Å². The van der Waals surface area contributed by atoms with Gasteiger partial charge >= 0.3 is 0 Å². The number of aromatic nitrogens is 2. The minimum atomic E-state index is 0.0882. The van der Waals surface area contributed by atoms with E-state index in [1.165, 1.54) is 5.69 Å². The Bertz CT molecular complexity index is 425. The summed E-state index contributed by atoms with van der Waals surface area (Å²) in [6, 6.07) is 0. The van der Waals surface area contributed by atoms with E-state index in [0.29, 0.717) is 6.54 Å². The molecule has 0 saturated carbocycles. The Kier molecular flexibility index (Phi) is 4.36. The summed E-state index contributed by atoms with van der Waals surface area (Å²) >= 11 is 0. The van der Waals surface area contributed by atoms with Crippen LogP contribution in [0.25, 0.3) is 0 Å². The summed E-state index contributed by atoms with van der Waals surface area (Å²) in [7, 11) is 0. The fourth-order valence-electron chi connectivity index (χ4n) is 2.35. The zero-order chi connectivity index (χ0) is 13.0. The Labute approximate surface area is 108 Å². The second kappa shape index (κ2) is 6.00. The maximum Gasteiger partial charge on any atom is 0.239 e. The zero-order valence-electron chi connectivity index (χ0n) is 11.3. The van der Waals surface area contributed by atoms with Crippen molar-refractivity contribution in [3.05, 3.63) is 17.2 Å². The molecular weight excluding hydrogens is 228 g/mol. The Morgan fingerprint density at radius 1 is 1.50 bits per heavy atom. The number of rotatable bonds is 5. The van der Waals surface area contributed by atoms with E-state index >= 15 is 0 Å². The number of hydrogen-bond acceptors (Lipinski definition) is 3. The lowest BCUT2D eigenvalue weighted by atomic mass is 10.2. The summed E-state index contributed by atoms with van der Waals surface area (Å²) in [6.07, 6.45) is 2.80. The quantitative estimate of drug-likeness (QED) is 0.805. The molecule has 2 heterocycles. The standard InChI is InChI=1S/C13H22N4O/c1-3-6-15-13(18)9-17-11-5-7-14-8-10(11)16-12(17)4-2/h14H,3-9H2,1-2H3,(H,15,18). The molecule has 0 radical (unpaired) electrons. The minimum absolute atomic E-state index is 0.0882. The summed E-state index contributed by atoms with van der Waals surface area (Å²) in [4.78, 5) is 16.5. The van der Waals surface area contributed by atoms with E-state index in [1.807, 2.05) is 0 Å². The number of nitrogens with one attached hydrogen (secondary N) is 2. The van der Waals surface area contributed by atoms with Crippen LogP contribution < -0.4 is 10.6 Å². The second-order valence-corrected chi connectivity index (χ2v) is 4.64. The van der Waals surface area contributed by atoms with Gasteiger partial charge in [0.25, 0.3) is 0 Å². The molecule has 2 rings (SSSR count). The van der Waals surface area contributed by atoms with E-state index in [4.69, 9.17) is 0 Å². The minimum Gasteiger partial charge on any atom is -0.355 e. The fraction of sp³-hybridized carbons (Fsp3) is 0.692. The maximum atomic E-state index is 11.8. The number of fused-ring (bicyclic) bond motifs is 1. The molecule has 1 amide bonds. The van der Waals surface area contributed by atoms with Crippen LogP contribution in [-0.4, -0.2) is 28.5 Å². The van der Waals surface area contributed by atoms with Crippen LogP contribution in [0.2, 0.25) is 0 Å². The molecule has 18 heavy (non-hydrogen) atoms. The Balaban J connectivity index is 2.15. The number of nitrogens with zero attached hydrogens (tertiary/aromatic N) is 2. The molecule has 0 saturated heterocycles. The van der Waals surface area contributed by atoms with Crippen molar-refractivity contribution >= 4 is 5.91 Å². The van der Waals surface area contributed by atoms with E-state index in [-0.39, 0.29) is 5.91 Å². The topological polar surface area (TPSA) is 59.0 Å². The van der Waals surface area contributed by atoms with Crippen molar-refractivity contribution in [1.82, 2.24) is 20.2 Å². The SMILES string of the molecule is CCCNC(=O)Cn1c(CC)nc2c1CCNC2. The van der Waals surface area contributed by atoms with Gasteiger partial charge in [0.1, 0.15) is 12.4 Å². The Hall–Kier alpha value is -1.36. The van der Waals surface area contributed by atoms with Crippen LogP contribution in [0, 0.1) is 0 Å². The third-order valence-electron chi connectivity index (χ3n) is 3.26. The zero-order valence-corrected chi connectivity index (χ0v) is 11.3. The summed E-state index contributed by atoms with van der Waals surface area (Å²) in [5.41, 5.74) is 2.35. The van der Waals surface area contributed by atoms with Crippen LogP contribution in [0.1, 0.15) is 37.5 Å². The highest BCUT2D eigenvalue weighted by molar-refractivity contribution is 5.75. The molecule has 1 aliphatic heterocycles. The molecule has 0 aliphatic carbocycles. The monoisotopic (exact) mass is 250 g/mol.